The molecule has 3 rings (SSSR count). The molecule has 0 saturated carbocycles. The van der Waals surface area contributed by atoms with Crippen molar-refractivity contribution in [2.75, 3.05) is 13.2 Å². The zero-order valence-corrected chi connectivity index (χ0v) is 18.1. The molecule has 1 aromatic carbocycles. The maximum Gasteiger partial charge on any atom is 0.339 e. The van der Waals surface area contributed by atoms with E-state index in [0.29, 0.717) is 19.6 Å². The van der Waals surface area contributed by atoms with E-state index in [2.05, 4.69) is 20.7 Å². The Hall–Kier alpha value is -3.60. The van der Waals surface area contributed by atoms with E-state index in [-0.39, 0.29) is 23.8 Å². The van der Waals surface area contributed by atoms with Crippen LogP contribution in [0.25, 0.3) is 11.3 Å². The molecule has 11 heteroatoms. The predicted octanol–water partition coefficient (Wildman–Crippen LogP) is 1.97. The van der Waals surface area contributed by atoms with Crippen LogP contribution in [-0.2, 0) is 28.7 Å². The van der Waals surface area contributed by atoms with Crippen LogP contribution in [-0.4, -0.2) is 55.0 Å². The number of carbonyl (C=O) groups excluding carboxylic acids is 1. The smallest absolute Gasteiger partial charge is 0.339 e. The summed E-state index contributed by atoms with van der Waals surface area (Å²) in [6.45, 7) is 4.44. The summed E-state index contributed by atoms with van der Waals surface area (Å²) in [6, 6.07) is 3.99. The third kappa shape index (κ3) is 5.55. The van der Waals surface area contributed by atoms with Gasteiger partial charge in [0.1, 0.15) is 23.7 Å². The number of halogens is 1. The second-order valence-electron chi connectivity index (χ2n) is 7.82. The lowest BCUT2D eigenvalue weighted by Crippen LogP contribution is -2.42. The van der Waals surface area contributed by atoms with Gasteiger partial charge in [-0.1, -0.05) is 17.3 Å². The summed E-state index contributed by atoms with van der Waals surface area (Å²) in [5.41, 5.74) is 0.299. The van der Waals surface area contributed by atoms with Crippen molar-refractivity contribution in [3.63, 3.8) is 0 Å². The standard InChI is InChI=1S/C21H25FN6O4/c1-21(2,14-10-23-27(3)11-14)24-18(29)13-32-9-5-8-28-12-17(25-26-28)15-6-4-7-16(22)19(15)20(30)31/h4,6-7,10-12H,5,8-9,13H2,1-3H3,(H,24,29)(H,30,31). The molecule has 0 spiro atoms. The van der Waals surface area contributed by atoms with Crippen LogP contribution in [0.4, 0.5) is 4.39 Å². The van der Waals surface area contributed by atoms with Gasteiger partial charge in [-0.2, -0.15) is 5.10 Å². The third-order valence-corrected chi connectivity index (χ3v) is 4.83. The van der Waals surface area contributed by atoms with E-state index in [9.17, 15) is 19.1 Å². The summed E-state index contributed by atoms with van der Waals surface area (Å²) in [5, 5.41) is 24.2. The highest BCUT2D eigenvalue weighted by Crippen LogP contribution is 2.24. The quantitative estimate of drug-likeness (QED) is 0.458. The van der Waals surface area contributed by atoms with Crippen LogP contribution in [0.2, 0.25) is 0 Å². The van der Waals surface area contributed by atoms with Crippen LogP contribution in [0.5, 0.6) is 0 Å². The van der Waals surface area contributed by atoms with Gasteiger partial charge < -0.3 is 15.2 Å². The van der Waals surface area contributed by atoms with Gasteiger partial charge in [0, 0.05) is 37.5 Å². The van der Waals surface area contributed by atoms with Crippen molar-refractivity contribution in [2.45, 2.75) is 32.4 Å². The molecule has 10 nitrogen and oxygen atoms in total. The fraction of sp³-hybridized carbons (Fsp3) is 0.381. The maximum atomic E-state index is 13.9. The van der Waals surface area contributed by atoms with Crippen LogP contribution < -0.4 is 5.32 Å². The summed E-state index contributed by atoms with van der Waals surface area (Å²) in [4.78, 5) is 23.5. The number of hydrogen-bond acceptors (Lipinski definition) is 6. The van der Waals surface area contributed by atoms with Gasteiger partial charge in [-0.3, -0.25) is 14.2 Å². The number of aromatic carboxylic acids is 1. The maximum absolute atomic E-state index is 13.9. The molecule has 1 amide bonds. The van der Waals surface area contributed by atoms with Gasteiger partial charge in [-0.15, -0.1) is 5.10 Å². The lowest BCUT2D eigenvalue weighted by molar-refractivity contribution is -0.127. The number of aromatic nitrogens is 5. The van der Waals surface area contributed by atoms with Crippen molar-refractivity contribution in [3.05, 3.63) is 53.7 Å². The number of aryl methyl sites for hydroxylation is 2. The highest BCUT2D eigenvalue weighted by atomic mass is 19.1. The van der Waals surface area contributed by atoms with Gasteiger partial charge in [-0.25, -0.2) is 9.18 Å². The zero-order valence-electron chi connectivity index (χ0n) is 18.1. The number of carbonyl (C=O) groups is 2. The normalized spacial score (nSPS) is 11.5. The number of carboxylic acid groups (broad SMARTS) is 1. The average Bonchev–Trinajstić information content (AvgIpc) is 3.36. The molecular weight excluding hydrogens is 419 g/mol. The Balaban J connectivity index is 1.45. The minimum atomic E-state index is -1.37. The molecular formula is C21H25FN6O4. The zero-order chi connectivity index (χ0) is 23.3. The molecule has 3 aromatic rings. The van der Waals surface area contributed by atoms with Crippen molar-refractivity contribution in [2.24, 2.45) is 7.05 Å². The van der Waals surface area contributed by atoms with Crippen LogP contribution in [0.15, 0.2) is 36.8 Å². The van der Waals surface area contributed by atoms with Crippen LogP contribution in [0.3, 0.4) is 0 Å². The summed E-state index contributed by atoms with van der Waals surface area (Å²) < 4.78 is 22.5. The van der Waals surface area contributed by atoms with Crippen molar-refractivity contribution in [1.29, 1.82) is 0 Å². The van der Waals surface area contributed by atoms with E-state index < -0.39 is 22.9 Å². The number of benzene rings is 1. The van der Waals surface area contributed by atoms with Gasteiger partial charge in [0.15, 0.2) is 0 Å². The molecule has 0 aliphatic carbocycles. The Morgan fingerprint density at radius 1 is 1.28 bits per heavy atom. The molecule has 0 bridgehead atoms. The molecule has 2 N–H and O–H groups in total. The Bertz CT molecular complexity index is 1110. The second kappa shape index (κ2) is 9.69. The van der Waals surface area contributed by atoms with E-state index in [1.54, 1.807) is 17.1 Å². The summed E-state index contributed by atoms with van der Waals surface area (Å²) in [5.74, 6) is -2.44. The molecule has 0 atom stereocenters. The van der Waals surface area contributed by atoms with Crippen molar-refractivity contribution >= 4 is 11.9 Å². The Morgan fingerprint density at radius 3 is 2.75 bits per heavy atom. The topological polar surface area (TPSA) is 124 Å². The van der Waals surface area contributed by atoms with Crippen LogP contribution in [0.1, 0.15) is 36.2 Å². The number of nitrogens with zero attached hydrogens (tertiary/aromatic N) is 5. The molecule has 0 aliphatic heterocycles. The number of hydrogen-bond donors (Lipinski definition) is 2. The molecule has 0 saturated heterocycles. The first kappa shape index (κ1) is 23.1. The van der Waals surface area contributed by atoms with Crippen LogP contribution in [0, 0.1) is 5.82 Å². The SMILES string of the molecule is Cn1cc(C(C)(C)NC(=O)COCCCn2cc(-c3cccc(F)c3C(=O)O)nn2)cn1. The molecule has 0 aliphatic rings. The number of nitrogens with one attached hydrogen (secondary N) is 1. The Labute approximate surface area is 184 Å². The third-order valence-electron chi connectivity index (χ3n) is 4.83. The first-order valence-corrected chi connectivity index (χ1v) is 9.97. The lowest BCUT2D eigenvalue weighted by atomic mass is 9.98. The first-order chi connectivity index (χ1) is 15.2. The van der Waals surface area contributed by atoms with E-state index in [1.807, 2.05) is 27.1 Å². The Kier molecular flexibility index (Phi) is 6.98. The first-order valence-electron chi connectivity index (χ1n) is 9.97. The van der Waals surface area contributed by atoms with Crippen LogP contribution >= 0.6 is 0 Å². The fourth-order valence-corrected chi connectivity index (χ4v) is 3.18. The Morgan fingerprint density at radius 2 is 2.06 bits per heavy atom. The number of rotatable bonds is 10. The molecule has 2 aromatic heterocycles. The second-order valence-corrected chi connectivity index (χ2v) is 7.82. The van der Waals surface area contributed by atoms with Gasteiger partial charge in [0.25, 0.3) is 0 Å². The van der Waals surface area contributed by atoms with E-state index in [1.165, 1.54) is 16.8 Å². The number of amides is 1. The van der Waals surface area contributed by atoms with Crippen molar-refractivity contribution < 1.29 is 23.8 Å². The van der Waals surface area contributed by atoms with E-state index in [0.717, 1.165) is 11.6 Å². The number of carboxylic acids is 1. The van der Waals surface area contributed by atoms with Gasteiger partial charge >= 0.3 is 5.97 Å². The summed E-state index contributed by atoms with van der Waals surface area (Å²) in [7, 11) is 1.81. The summed E-state index contributed by atoms with van der Waals surface area (Å²) >= 11 is 0. The molecule has 32 heavy (non-hydrogen) atoms. The lowest BCUT2D eigenvalue weighted by Gasteiger charge is -2.25. The van der Waals surface area contributed by atoms with Crippen molar-refractivity contribution in [3.8, 4) is 11.3 Å². The van der Waals surface area contributed by atoms with E-state index >= 15 is 0 Å². The summed E-state index contributed by atoms with van der Waals surface area (Å²) in [6.07, 6.45) is 5.65. The number of ether oxygens (including phenoxy) is 1. The van der Waals surface area contributed by atoms with E-state index in [4.69, 9.17) is 4.74 Å². The van der Waals surface area contributed by atoms with Gasteiger partial charge in [0.2, 0.25) is 5.91 Å². The minimum Gasteiger partial charge on any atom is -0.478 e. The average molecular weight is 444 g/mol. The highest BCUT2D eigenvalue weighted by Gasteiger charge is 2.24. The minimum absolute atomic E-state index is 0.0858. The molecule has 0 fully saturated rings. The van der Waals surface area contributed by atoms with Crippen molar-refractivity contribution in [1.82, 2.24) is 30.1 Å². The van der Waals surface area contributed by atoms with Gasteiger partial charge in [0.05, 0.1) is 17.9 Å². The highest BCUT2D eigenvalue weighted by molar-refractivity contribution is 5.95. The fourth-order valence-electron chi connectivity index (χ4n) is 3.18. The molecule has 170 valence electrons. The monoisotopic (exact) mass is 444 g/mol. The largest absolute Gasteiger partial charge is 0.478 e. The predicted molar refractivity (Wildman–Crippen MR) is 112 cm³/mol. The molecule has 0 unspecified atom stereocenters. The van der Waals surface area contributed by atoms with Gasteiger partial charge in [-0.05, 0) is 26.3 Å². The molecule has 0 radical (unpaired) electrons. The molecule has 2 heterocycles.